The van der Waals surface area contributed by atoms with Crippen LogP contribution in [0.5, 0.6) is 0 Å². The molecule has 0 saturated heterocycles. The molecule has 0 aromatic heterocycles. The molecule has 1 aliphatic heterocycles. The lowest BCUT2D eigenvalue weighted by atomic mass is 9.76. The van der Waals surface area contributed by atoms with Crippen molar-refractivity contribution in [3.05, 3.63) is 107 Å². The fourth-order valence-electron chi connectivity index (χ4n) is 5.37. The minimum Gasteiger partial charge on any atom is -0.241 e. The number of aliphatic imine (C=N–C) groups is 2. The van der Waals surface area contributed by atoms with E-state index >= 15 is 26.3 Å². The van der Waals surface area contributed by atoms with E-state index in [1.165, 1.54) is 24.3 Å². The van der Waals surface area contributed by atoms with Crippen molar-refractivity contribution in [2.24, 2.45) is 9.98 Å². The highest BCUT2D eigenvalue weighted by atomic mass is 19.4. The van der Waals surface area contributed by atoms with Crippen LogP contribution < -0.4 is 0 Å². The van der Waals surface area contributed by atoms with Gasteiger partial charge in [0.05, 0.1) is 11.4 Å². The molecule has 1 aliphatic rings. The Morgan fingerprint density at radius 3 is 1.10 bits per heavy atom. The zero-order valence-electron chi connectivity index (χ0n) is 21.7. The van der Waals surface area contributed by atoms with E-state index in [0.717, 1.165) is 0 Å². The predicted octanol–water partition coefficient (Wildman–Crippen LogP) is 9.82. The van der Waals surface area contributed by atoms with Crippen molar-refractivity contribution in [2.75, 3.05) is 0 Å². The summed E-state index contributed by atoms with van der Waals surface area (Å²) in [7, 11) is 0. The largest absolute Gasteiger partial charge is 0.434 e. The molecule has 204 valence electrons. The first-order valence-corrected chi connectivity index (χ1v) is 12.8. The number of para-hydroxylation sites is 2. The molecular weight excluding hydrogens is 526 g/mol. The molecule has 0 fully saturated rings. The van der Waals surface area contributed by atoms with Crippen molar-refractivity contribution in [3.8, 4) is 22.3 Å². The van der Waals surface area contributed by atoms with Crippen molar-refractivity contribution < 1.29 is 26.3 Å². The van der Waals surface area contributed by atoms with E-state index in [-0.39, 0.29) is 22.5 Å². The number of hydrogen-bond acceptors (Lipinski definition) is 2. The maximum absolute atomic E-state index is 15.0. The van der Waals surface area contributed by atoms with E-state index in [1.54, 1.807) is 74.5 Å². The molecule has 2 nitrogen and oxygen atoms in total. The molecule has 0 saturated carbocycles. The smallest absolute Gasteiger partial charge is 0.241 e. The van der Waals surface area contributed by atoms with Crippen molar-refractivity contribution in [2.45, 2.75) is 39.0 Å². The average Bonchev–Trinajstić information content (AvgIpc) is 2.92. The van der Waals surface area contributed by atoms with Gasteiger partial charge in [0.2, 0.25) is 0 Å². The first-order chi connectivity index (χ1) is 19.1. The Kier molecular flexibility index (Phi) is 7.12. The predicted molar refractivity (Wildman–Crippen MR) is 147 cm³/mol. The number of rotatable bonds is 4. The molecule has 0 atom stereocenters. The van der Waals surface area contributed by atoms with Crippen LogP contribution in [0.15, 0.2) is 94.9 Å². The van der Waals surface area contributed by atoms with Crippen LogP contribution in [0.4, 0.5) is 37.7 Å². The highest BCUT2D eigenvalue weighted by Crippen LogP contribution is 2.48. The lowest BCUT2D eigenvalue weighted by molar-refractivity contribution is -0.0600. The average molecular weight is 551 g/mol. The lowest BCUT2D eigenvalue weighted by Gasteiger charge is -2.30. The number of fused-ring (bicyclic) bond motifs is 2. The SMILES string of the molecule is CCc1c(CC)c(-c2ccccc2)c2c(c1-c1ccccc1)C(C(F)(F)F)=Nc1ccccc1N=C2C(F)(F)F. The van der Waals surface area contributed by atoms with Gasteiger partial charge >= 0.3 is 12.4 Å². The normalized spacial score (nSPS) is 13.5. The summed E-state index contributed by atoms with van der Waals surface area (Å²) in [5.41, 5.74) is -2.59. The van der Waals surface area contributed by atoms with E-state index < -0.39 is 34.9 Å². The van der Waals surface area contributed by atoms with E-state index in [0.29, 0.717) is 35.1 Å². The van der Waals surface area contributed by atoms with Gasteiger partial charge in [-0.1, -0.05) is 86.6 Å². The van der Waals surface area contributed by atoms with Crippen LogP contribution in [-0.2, 0) is 12.8 Å². The van der Waals surface area contributed by atoms with Gasteiger partial charge in [-0.25, -0.2) is 9.98 Å². The first kappa shape index (κ1) is 27.4. The summed E-state index contributed by atoms with van der Waals surface area (Å²) in [4.78, 5) is 7.99. The Bertz CT molecular complexity index is 1490. The van der Waals surface area contributed by atoms with Crippen molar-refractivity contribution in [1.82, 2.24) is 0 Å². The van der Waals surface area contributed by atoms with Gasteiger partial charge in [0.25, 0.3) is 0 Å². The third-order valence-electron chi connectivity index (χ3n) is 6.91. The third-order valence-corrected chi connectivity index (χ3v) is 6.91. The van der Waals surface area contributed by atoms with Crippen molar-refractivity contribution in [1.29, 1.82) is 0 Å². The standard InChI is InChI=1S/C32H24F6N2/c1-3-21-22(4-2)26(20-15-9-6-10-16-20)28-27(25(21)19-13-7-5-8-14-19)29(31(33,34)35)39-23-17-11-12-18-24(23)40-30(28)32(36,37)38/h5-18H,3-4H2,1-2H3. The van der Waals surface area contributed by atoms with Gasteiger partial charge in [-0.3, -0.25) is 0 Å². The molecule has 4 aromatic carbocycles. The van der Waals surface area contributed by atoms with Crippen LogP contribution in [0.1, 0.15) is 36.1 Å². The number of hydrogen-bond donors (Lipinski definition) is 0. The molecule has 0 aliphatic carbocycles. The Morgan fingerprint density at radius 2 is 0.800 bits per heavy atom. The van der Waals surface area contributed by atoms with Crippen molar-refractivity contribution in [3.63, 3.8) is 0 Å². The van der Waals surface area contributed by atoms with Crippen LogP contribution in [0.25, 0.3) is 22.3 Å². The third kappa shape index (κ3) is 4.83. The fourth-order valence-corrected chi connectivity index (χ4v) is 5.37. The summed E-state index contributed by atoms with van der Waals surface area (Å²) in [6, 6.07) is 21.8. The van der Waals surface area contributed by atoms with Crippen LogP contribution in [0, 0.1) is 0 Å². The minimum atomic E-state index is -5.08. The fraction of sp³-hybridized carbons (Fsp3) is 0.188. The Morgan fingerprint density at radius 1 is 0.475 bits per heavy atom. The number of nitrogens with zero attached hydrogens (tertiary/aromatic N) is 2. The quantitative estimate of drug-likeness (QED) is 0.226. The highest BCUT2D eigenvalue weighted by molar-refractivity contribution is 6.24. The molecule has 0 bridgehead atoms. The summed E-state index contributed by atoms with van der Waals surface area (Å²) in [5, 5.41) is 0. The van der Waals surface area contributed by atoms with Gasteiger partial charge in [-0.05, 0) is 58.4 Å². The van der Waals surface area contributed by atoms with Gasteiger partial charge in [-0.2, -0.15) is 26.3 Å². The van der Waals surface area contributed by atoms with Gasteiger partial charge in [-0.15, -0.1) is 0 Å². The highest BCUT2D eigenvalue weighted by Gasteiger charge is 2.47. The molecule has 0 amide bonds. The maximum Gasteiger partial charge on any atom is 0.434 e. The molecule has 0 spiro atoms. The Hall–Kier alpha value is -4.20. The molecule has 8 heteroatoms. The summed E-state index contributed by atoms with van der Waals surface area (Å²) < 4.78 is 90.3. The minimum absolute atomic E-state index is 0.0852. The van der Waals surface area contributed by atoms with Crippen LogP contribution in [0.3, 0.4) is 0 Å². The van der Waals surface area contributed by atoms with Gasteiger partial charge in [0.15, 0.2) is 11.4 Å². The second kappa shape index (κ2) is 10.4. The van der Waals surface area contributed by atoms with E-state index in [4.69, 9.17) is 0 Å². The second-order valence-electron chi connectivity index (χ2n) is 9.30. The topological polar surface area (TPSA) is 24.7 Å². The molecule has 5 rings (SSSR count). The van der Waals surface area contributed by atoms with E-state index in [2.05, 4.69) is 9.98 Å². The van der Waals surface area contributed by atoms with Gasteiger partial charge in [0, 0.05) is 11.1 Å². The number of benzene rings is 4. The van der Waals surface area contributed by atoms with Crippen LogP contribution >= 0.6 is 0 Å². The van der Waals surface area contributed by atoms with E-state index in [1.807, 2.05) is 0 Å². The molecule has 0 N–H and O–H groups in total. The summed E-state index contributed by atoms with van der Waals surface area (Å²) in [5.74, 6) is 0. The lowest BCUT2D eigenvalue weighted by Crippen LogP contribution is -2.33. The number of halogens is 6. The molecule has 40 heavy (non-hydrogen) atoms. The Balaban J connectivity index is 2.14. The zero-order chi connectivity index (χ0) is 28.7. The maximum atomic E-state index is 15.0. The summed E-state index contributed by atoms with van der Waals surface area (Å²) >= 11 is 0. The second-order valence-corrected chi connectivity index (χ2v) is 9.30. The van der Waals surface area contributed by atoms with Crippen molar-refractivity contribution >= 4 is 22.8 Å². The first-order valence-electron chi connectivity index (χ1n) is 12.8. The van der Waals surface area contributed by atoms with Gasteiger partial charge in [0.1, 0.15) is 0 Å². The van der Waals surface area contributed by atoms with Crippen LogP contribution in [-0.4, -0.2) is 23.8 Å². The molecule has 0 radical (unpaired) electrons. The monoisotopic (exact) mass is 550 g/mol. The van der Waals surface area contributed by atoms with E-state index in [9.17, 15) is 0 Å². The molecule has 0 unspecified atom stereocenters. The van der Waals surface area contributed by atoms with Gasteiger partial charge < -0.3 is 0 Å². The van der Waals surface area contributed by atoms with Crippen LogP contribution in [0.2, 0.25) is 0 Å². The molecule has 1 heterocycles. The number of alkyl halides is 6. The molecular formula is C32H24F6N2. The Labute approximate surface area is 227 Å². The zero-order valence-corrected chi connectivity index (χ0v) is 21.7. The molecule has 4 aromatic rings. The summed E-state index contributed by atoms with van der Waals surface area (Å²) in [6.45, 7) is 3.59. The summed E-state index contributed by atoms with van der Waals surface area (Å²) in [6.07, 6.45) is -9.57.